The van der Waals surface area contributed by atoms with Crippen LogP contribution in [0.1, 0.15) is 11.1 Å². The second-order valence-corrected chi connectivity index (χ2v) is 7.55. The van der Waals surface area contributed by atoms with Gasteiger partial charge < -0.3 is 14.4 Å². The van der Waals surface area contributed by atoms with E-state index in [0.717, 1.165) is 11.8 Å². The zero-order valence-corrected chi connectivity index (χ0v) is 17.2. The molecule has 9 heteroatoms. The normalized spacial score (nSPS) is 13.6. The smallest absolute Gasteiger partial charge is 0.424 e. The number of benzene rings is 3. The van der Waals surface area contributed by atoms with E-state index in [1.807, 2.05) is 0 Å². The summed E-state index contributed by atoms with van der Waals surface area (Å²) in [6.07, 6.45) is -4.00. The van der Waals surface area contributed by atoms with Crippen molar-refractivity contribution in [3.8, 4) is 5.75 Å². The Hall–Kier alpha value is -3.85. The SMILES string of the molecule is O=[N+]([O-])c1cccc2c(C(O)(COc3ccccc3)C(F)(F)F)cn(Cc3ccccc3)c12. The molecule has 0 saturated carbocycles. The lowest BCUT2D eigenvalue weighted by Crippen LogP contribution is -2.47. The van der Waals surface area contributed by atoms with Gasteiger partial charge in [0, 0.05) is 29.8 Å². The number of nitro groups is 1. The van der Waals surface area contributed by atoms with Crippen LogP contribution >= 0.6 is 0 Å². The van der Waals surface area contributed by atoms with Gasteiger partial charge in [0.15, 0.2) is 0 Å². The second kappa shape index (κ2) is 8.59. The van der Waals surface area contributed by atoms with Gasteiger partial charge in [0.1, 0.15) is 17.9 Å². The van der Waals surface area contributed by atoms with Crippen LogP contribution in [-0.2, 0) is 12.1 Å². The van der Waals surface area contributed by atoms with Crippen LogP contribution in [0.5, 0.6) is 5.75 Å². The van der Waals surface area contributed by atoms with Gasteiger partial charge in [-0.1, -0.05) is 60.7 Å². The highest BCUT2D eigenvalue weighted by Gasteiger charge is 2.57. The number of alkyl halides is 3. The first-order chi connectivity index (χ1) is 15.7. The minimum Gasteiger partial charge on any atom is -0.490 e. The average molecular weight is 456 g/mol. The van der Waals surface area contributed by atoms with E-state index in [1.165, 1.54) is 34.9 Å². The molecule has 1 N–H and O–H groups in total. The van der Waals surface area contributed by atoms with E-state index < -0.39 is 28.9 Å². The third kappa shape index (κ3) is 4.27. The lowest BCUT2D eigenvalue weighted by atomic mass is 9.93. The fraction of sp³-hybridized carbons (Fsp3) is 0.167. The first kappa shape index (κ1) is 22.3. The number of aromatic nitrogens is 1. The van der Waals surface area contributed by atoms with E-state index in [-0.39, 0.29) is 28.9 Å². The van der Waals surface area contributed by atoms with Crippen molar-refractivity contribution in [3.63, 3.8) is 0 Å². The van der Waals surface area contributed by atoms with Crippen molar-refractivity contribution in [2.45, 2.75) is 18.3 Å². The van der Waals surface area contributed by atoms with Gasteiger partial charge in [0.2, 0.25) is 5.60 Å². The number of para-hydroxylation sites is 2. The zero-order valence-electron chi connectivity index (χ0n) is 17.2. The molecule has 0 fully saturated rings. The predicted molar refractivity (Wildman–Crippen MR) is 116 cm³/mol. The molecule has 1 atom stereocenters. The Kier molecular flexibility index (Phi) is 5.82. The molecule has 170 valence electrons. The van der Waals surface area contributed by atoms with Crippen LogP contribution in [0.25, 0.3) is 10.9 Å². The van der Waals surface area contributed by atoms with Crippen LogP contribution in [0.4, 0.5) is 18.9 Å². The van der Waals surface area contributed by atoms with Gasteiger partial charge in [-0.2, -0.15) is 13.2 Å². The Labute approximate surface area is 186 Å². The van der Waals surface area contributed by atoms with Gasteiger partial charge in [-0.05, 0) is 17.7 Å². The quantitative estimate of drug-likeness (QED) is 0.297. The highest BCUT2D eigenvalue weighted by Crippen LogP contribution is 2.44. The Bertz CT molecular complexity index is 1270. The topological polar surface area (TPSA) is 77.5 Å². The Balaban J connectivity index is 1.88. The van der Waals surface area contributed by atoms with E-state index in [9.17, 15) is 28.4 Å². The summed E-state index contributed by atoms with van der Waals surface area (Å²) in [6, 6.07) is 20.5. The highest BCUT2D eigenvalue weighted by atomic mass is 19.4. The molecule has 4 aromatic rings. The number of hydrogen-bond donors (Lipinski definition) is 1. The molecule has 6 nitrogen and oxygen atoms in total. The summed E-state index contributed by atoms with van der Waals surface area (Å²) in [7, 11) is 0. The molecule has 0 aliphatic heterocycles. The number of halogens is 3. The third-order valence-electron chi connectivity index (χ3n) is 5.37. The van der Waals surface area contributed by atoms with Gasteiger partial charge in [-0.3, -0.25) is 10.1 Å². The van der Waals surface area contributed by atoms with Gasteiger partial charge in [0.25, 0.3) is 5.69 Å². The largest absolute Gasteiger partial charge is 0.490 e. The maximum absolute atomic E-state index is 14.2. The number of non-ortho nitro benzene ring substituents is 1. The molecule has 1 unspecified atom stereocenters. The first-order valence-corrected chi connectivity index (χ1v) is 9.98. The number of fused-ring (bicyclic) bond motifs is 1. The summed E-state index contributed by atoms with van der Waals surface area (Å²) in [5.41, 5.74) is -3.55. The second-order valence-electron chi connectivity index (χ2n) is 7.55. The van der Waals surface area contributed by atoms with Gasteiger partial charge in [-0.15, -0.1) is 0 Å². The van der Waals surface area contributed by atoms with Crippen LogP contribution in [0.2, 0.25) is 0 Å². The van der Waals surface area contributed by atoms with Crippen LogP contribution in [0, 0.1) is 10.1 Å². The molecule has 0 radical (unpaired) electrons. The van der Waals surface area contributed by atoms with E-state index in [4.69, 9.17) is 4.74 Å². The molecule has 1 aromatic heterocycles. The van der Waals surface area contributed by atoms with Crippen molar-refractivity contribution in [3.05, 3.63) is 106 Å². The van der Waals surface area contributed by atoms with Gasteiger partial charge in [-0.25, -0.2) is 0 Å². The summed E-state index contributed by atoms with van der Waals surface area (Å²) in [5.74, 6) is 0.152. The highest BCUT2D eigenvalue weighted by molar-refractivity contribution is 5.92. The Morgan fingerprint density at radius 2 is 1.58 bits per heavy atom. The number of aliphatic hydroxyl groups is 1. The fourth-order valence-electron chi connectivity index (χ4n) is 3.74. The Morgan fingerprint density at radius 3 is 2.18 bits per heavy atom. The number of hydrogen-bond acceptors (Lipinski definition) is 4. The number of ether oxygens (including phenoxy) is 1. The molecule has 0 aliphatic carbocycles. The van der Waals surface area contributed by atoms with E-state index in [0.29, 0.717) is 0 Å². The molecular weight excluding hydrogens is 437 g/mol. The van der Waals surface area contributed by atoms with Gasteiger partial charge >= 0.3 is 6.18 Å². The van der Waals surface area contributed by atoms with Crippen LogP contribution < -0.4 is 4.74 Å². The van der Waals surface area contributed by atoms with Crippen molar-refractivity contribution < 1.29 is 27.9 Å². The summed E-state index contributed by atoms with van der Waals surface area (Å²) >= 11 is 0. The molecule has 0 aliphatic rings. The summed E-state index contributed by atoms with van der Waals surface area (Å²) in [5, 5.41) is 22.6. The van der Waals surface area contributed by atoms with Crippen molar-refractivity contribution in [2.24, 2.45) is 0 Å². The lowest BCUT2D eigenvalue weighted by Gasteiger charge is -2.30. The summed E-state index contributed by atoms with van der Waals surface area (Å²) < 4.78 is 49.4. The maximum Gasteiger partial charge on any atom is 0.424 e. The molecule has 3 aromatic carbocycles. The van der Waals surface area contributed by atoms with Crippen molar-refractivity contribution in [2.75, 3.05) is 6.61 Å². The zero-order chi connectivity index (χ0) is 23.6. The lowest BCUT2D eigenvalue weighted by molar-refractivity contribution is -0.383. The van der Waals surface area contributed by atoms with Crippen molar-refractivity contribution in [1.29, 1.82) is 0 Å². The van der Waals surface area contributed by atoms with Crippen LogP contribution in [-0.4, -0.2) is 27.4 Å². The minimum atomic E-state index is -5.11. The number of nitrogens with zero attached hydrogens (tertiary/aromatic N) is 2. The third-order valence-corrected chi connectivity index (χ3v) is 5.37. The molecule has 1 heterocycles. The average Bonchev–Trinajstić information content (AvgIpc) is 3.17. The molecule has 4 rings (SSSR count). The molecular formula is C24H19F3N2O4. The maximum atomic E-state index is 14.2. The summed E-state index contributed by atoms with van der Waals surface area (Å²) in [6.45, 7) is -1.04. The predicted octanol–water partition coefficient (Wildman–Crippen LogP) is 5.43. The number of rotatable bonds is 7. The van der Waals surface area contributed by atoms with Crippen molar-refractivity contribution >= 4 is 16.6 Å². The van der Waals surface area contributed by atoms with E-state index in [1.54, 1.807) is 48.5 Å². The van der Waals surface area contributed by atoms with E-state index >= 15 is 0 Å². The van der Waals surface area contributed by atoms with Gasteiger partial charge in [0.05, 0.1) is 4.92 Å². The standard InChI is InChI=1S/C24H19F3N2O4/c25-24(26,27)23(30,16-33-18-10-5-2-6-11-18)20-15-28(14-17-8-3-1-4-9-17)22-19(20)12-7-13-21(22)29(31)32/h1-13,15,30H,14,16H2. The summed E-state index contributed by atoms with van der Waals surface area (Å²) in [4.78, 5) is 11.0. The van der Waals surface area contributed by atoms with Crippen LogP contribution in [0.15, 0.2) is 85.1 Å². The Morgan fingerprint density at radius 1 is 0.939 bits per heavy atom. The van der Waals surface area contributed by atoms with Crippen LogP contribution in [0.3, 0.4) is 0 Å². The first-order valence-electron chi connectivity index (χ1n) is 9.98. The molecule has 0 bridgehead atoms. The molecule has 0 saturated heterocycles. The van der Waals surface area contributed by atoms with E-state index in [2.05, 4.69) is 0 Å². The fourth-order valence-corrected chi connectivity index (χ4v) is 3.74. The minimum absolute atomic E-state index is 0.0104. The molecule has 0 spiro atoms. The number of nitro benzene ring substituents is 1. The monoisotopic (exact) mass is 456 g/mol. The van der Waals surface area contributed by atoms with Crippen molar-refractivity contribution in [1.82, 2.24) is 4.57 Å². The molecule has 33 heavy (non-hydrogen) atoms. The molecule has 0 amide bonds.